The number of carbonyl (C=O) groups is 1. The van der Waals surface area contributed by atoms with Crippen molar-refractivity contribution in [3.63, 3.8) is 0 Å². The van der Waals surface area contributed by atoms with Gasteiger partial charge in [0.15, 0.2) is 0 Å². The zero-order chi connectivity index (χ0) is 20.4. The number of hydrogen-bond donors (Lipinski definition) is 0. The van der Waals surface area contributed by atoms with E-state index in [1.54, 1.807) is 0 Å². The summed E-state index contributed by atoms with van der Waals surface area (Å²) in [7, 11) is 0. The normalized spacial score (nSPS) is 12.7. The number of carbonyl (C=O) groups excluding carboxylic acids is 1. The van der Waals surface area contributed by atoms with E-state index in [0.717, 1.165) is 30.5 Å². The second-order valence-electron chi connectivity index (χ2n) is 8.08. The standard InChI is InChI=1S/C24H48NO2/c1-6-11-14-17-20-25(21-18-15-12-7-2,22-19-16-13-8-3)23(9-4)27-24(26)10-5/h10,23H,5-9,11-22H2,1-4H3/q+1. The summed E-state index contributed by atoms with van der Waals surface area (Å²) in [6.07, 6.45) is 17.4. The van der Waals surface area contributed by atoms with Crippen molar-refractivity contribution in [1.82, 2.24) is 0 Å². The lowest BCUT2D eigenvalue weighted by Crippen LogP contribution is -2.58. The Labute approximate surface area is 170 Å². The van der Waals surface area contributed by atoms with E-state index in [4.69, 9.17) is 4.74 Å². The monoisotopic (exact) mass is 382 g/mol. The van der Waals surface area contributed by atoms with Crippen LogP contribution in [0.15, 0.2) is 12.7 Å². The number of quaternary nitrogens is 1. The fourth-order valence-corrected chi connectivity index (χ4v) is 4.09. The molecule has 0 fully saturated rings. The summed E-state index contributed by atoms with van der Waals surface area (Å²) >= 11 is 0. The number of ether oxygens (including phenoxy) is 1. The molecule has 0 saturated carbocycles. The average Bonchev–Trinajstić information content (AvgIpc) is 2.69. The molecule has 0 aliphatic carbocycles. The molecule has 1 unspecified atom stereocenters. The van der Waals surface area contributed by atoms with Gasteiger partial charge in [0, 0.05) is 12.5 Å². The largest absolute Gasteiger partial charge is 0.409 e. The quantitative estimate of drug-likeness (QED) is 0.0789. The number of nitrogens with zero attached hydrogens (tertiary/aromatic N) is 1. The van der Waals surface area contributed by atoms with Crippen molar-refractivity contribution in [2.24, 2.45) is 0 Å². The maximum Gasteiger partial charge on any atom is 0.334 e. The van der Waals surface area contributed by atoms with Crippen LogP contribution in [0.4, 0.5) is 0 Å². The van der Waals surface area contributed by atoms with Crippen molar-refractivity contribution < 1.29 is 14.0 Å². The summed E-state index contributed by atoms with van der Waals surface area (Å²) in [6.45, 7) is 16.0. The van der Waals surface area contributed by atoms with Gasteiger partial charge in [-0.1, -0.05) is 72.8 Å². The summed E-state index contributed by atoms with van der Waals surface area (Å²) in [5, 5.41) is 0. The molecule has 0 N–H and O–H groups in total. The van der Waals surface area contributed by atoms with Crippen LogP contribution in [0.3, 0.4) is 0 Å². The van der Waals surface area contributed by atoms with E-state index >= 15 is 0 Å². The Morgan fingerprint density at radius 3 is 1.48 bits per heavy atom. The third-order valence-corrected chi connectivity index (χ3v) is 5.75. The molecular formula is C24H48NO2+. The Balaban J connectivity index is 5.27. The highest BCUT2D eigenvalue weighted by molar-refractivity contribution is 5.81. The van der Waals surface area contributed by atoms with E-state index in [9.17, 15) is 4.79 Å². The molecule has 3 heteroatoms. The van der Waals surface area contributed by atoms with E-state index in [-0.39, 0.29) is 12.2 Å². The van der Waals surface area contributed by atoms with Crippen molar-refractivity contribution in [3.05, 3.63) is 12.7 Å². The molecule has 0 radical (unpaired) electrons. The molecule has 1 atom stereocenters. The van der Waals surface area contributed by atoms with Gasteiger partial charge in [-0.3, -0.25) is 4.48 Å². The van der Waals surface area contributed by atoms with E-state index in [0.29, 0.717) is 0 Å². The smallest absolute Gasteiger partial charge is 0.334 e. The highest BCUT2D eigenvalue weighted by Gasteiger charge is 2.37. The van der Waals surface area contributed by atoms with E-state index in [1.165, 1.54) is 83.1 Å². The van der Waals surface area contributed by atoms with Gasteiger partial charge in [-0.05, 0) is 38.5 Å². The van der Waals surface area contributed by atoms with E-state index in [1.807, 2.05) is 0 Å². The Bertz CT molecular complexity index is 336. The maximum absolute atomic E-state index is 12.0. The first-order chi connectivity index (χ1) is 13.1. The molecule has 0 rings (SSSR count). The minimum atomic E-state index is -0.264. The Hall–Kier alpha value is -0.830. The Morgan fingerprint density at radius 1 is 0.778 bits per heavy atom. The van der Waals surface area contributed by atoms with Crippen molar-refractivity contribution in [2.45, 2.75) is 117 Å². The molecule has 0 bridgehead atoms. The number of unbranched alkanes of at least 4 members (excludes halogenated alkanes) is 9. The lowest BCUT2D eigenvalue weighted by molar-refractivity contribution is -0.970. The minimum absolute atomic E-state index is 0.0274. The second-order valence-corrected chi connectivity index (χ2v) is 8.08. The topological polar surface area (TPSA) is 26.3 Å². The molecule has 160 valence electrons. The molecule has 0 amide bonds. The maximum atomic E-state index is 12.0. The highest BCUT2D eigenvalue weighted by atomic mass is 16.6. The number of hydrogen-bond acceptors (Lipinski definition) is 2. The molecule has 3 nitrogen and oxygen atoms in total. The summed E-state index contributed by atoms with van der Waals surface area (Å²) in [5.74, 6) is -0.264. The molecule has 27 heavy (non-hydrogen) atoms. The molecule has 0 saturated heterocycles. The zero-order valence-corrected chi connectivity index (χ0v) is 18.9. The van der Waals surface area contributed by atoms with Gasteiger partial charge in [0.05, 0.1) is 19.6 Å². The Kier molecular flexibility index (Phi) is 16.7. The van der Waals surface area contributed by atoms with Gasteiger partial charge < -0.3 is 4.74 Å². The predicted octanol–water partition coefficient (Wildman–Crippen LogP) is 7.01. The van der Waals surface area contributed by atoms with Crippen LogP contribution in [-0.4, -0.2) is 36.3 Å². The molecule has 0 spiro atoms. The van der Waals surface area contributed by atoms with Crippen LogP contribution in [0.2, 0.25) is 0 Å². The van der Waals surface area contributed by atoms with Gasteiger partial charge in [-0.15, -0.1) is 0 Å². The summed E-state index contributed by atoms with van der Waals surface area (Å²) < 4.78 is 6.87. The van der Waals surface area contributed by atoms with Crippen LogP contribution < -0.4 is 0 Å². The van der Waals surface area contributed by atoms with Crippen LogP contribution in [0, 0.1) is 0 Å². The molecule has 0 heterocycles. The van der Waals surface area contributed by atoms with Gasteiger partial charge in [-0.2, -0.15) is 0 Å². The van der Waals surface area contributed by atoms with Crippen molar-refractivity contribution in [1.29, 1.82) is 0 Å². The van der Waals surface area contributed by atoms with Crippen molar-refractivity contribution in [2.75, 3.05) is 19.6 Å². The predicted molar refractivity (Wildman–Crippen MR) is 118 cm³/mol. The first-order valence-electron chi connectivity index (χ1n) is 11.8. The lowest BCUT2D eigenvalue weighted by Gasteiger charge is -2.44. The SMILES string of the molecule is C=CC(=O)OC(CC)[N+](CCCCCC)(CCCCCC)CCCCCC. The molecule has 0 aromatic rings. The van der Waals surface area contributed by atoms with Gasteiger partial charge in [0.1, 0.15) is 0 Å². The zero-order valence-electron chi connectivity index (χ0n) is 18.9. The summed E-state index contributed by atoms with van der Waals surface area (Å²) in [5.41, 5.74) is 0. The lowest BCUT2D eigenvalue weighted by atomic mass is 10.1. The molecule has 0 aliphatic heterocycles. The molecule has 0 aromatic heterocycles. The first kappa shape index (κ1) is 26.2. The van der Waals surface area contributed by atoms with Crippen LogP contribution >= 0.6 is 0 Å². The van der Waals surface area contributed by atoms with Crippen LogP contribution in [0.25, 0.3) is 0 Å². The van der Waals surface area contributed by atoms with E-state index < -0.39 is 0 Å². The fourth-order valence-electron chi connectivity index (χ4n) is 4.09. The van der Waals surface area contributed by atoms with Crippen molar-refractivity contribution in [3.8, 4) is 0 Å². The minimum Gasteiger partial charge on any atom is -0.409 e. The molecule has 0 aliphatic rings. The first-order valence-corrected chi connectivity index (χ1v) is 11.8. The van der Waals surface area contributed by atoms with Gasteiger partial charge in [0.2, 0.25) is 6.23 Å². The second kappa shape index (κ2) is 17.3. The van der Waals surface area contributed by atoms with Crippen LogP contribution in [0.1, 0.15) is 111 Å². The van der Waals surface area contributed by atoms with Crippen LogP contribution in [0.5, 0.6) is 0 Å². The average molecular weight is 383 g/mol. The molecular weight excluding hydrogens is 334 g/mol. The third kappa shape index (κ3) is 11.6. The van der Waals surface area contributed by atoms with Gasteiger partial charge >= 0.3 is 5.97 Å². The van der Waals surface area contributed by atoms with Crippen LogP contribution in [-0.2, 0) is 9.53 Å². The fraction of sp³-hybridized carbons (Fsp3) is 0.875. The van der Waals surface area contributed by atoms with Crippen molar-refractivity contribution >= 4 is 5.97 Å². The Morgan fingerprint density at radius 2 is 1.19 bits per heavy atom. The third-order valence-electron chi connectivity index (χ3n) is 5.75. The number of rotatable bonds is 19. The van der Waals surface area contributed by atoms with Gasteiger partial charge in [-0.25, -0.2) is 4.79 Å². The molecule has 0 aromatic carbocycles. The van der Waals surface area contributed by atoms with Gasteiger partial charge in [0.25, 0.3) is 0 Å². The highest BCUT2D eigenvalue weighted by Crippen LogP contribution is 2.24. The summed E-state index contributed by atoms with van der Waals surface area (Å²) in [6, 6.07) is 0. The number of esters is 1. The summed E-state index contributed by atoms with van der Waals surface area (Å²) in [4.78, 5) is 12.0. The van der Waals surface area contributed by atoms with E-state index in [2.05, 4.69) is 34.3 Å².